The number of ether oxygens (including phenoxy) is 1. The van der Waals surface area contributed by atoms with Gasteiger partial charge in [0.25, 0.3) is 0 Å². The first-order valence-electron chi connectivity index (χ1n) is 8.51. The van der Waals surface area contributed by atoms with Crippen LogP contribution in [0.15, 0.2) is 24.3 Å². The van der Waals surface area contributed by atoms with Gasteiger partial charge in [0.2, 0.25) is 5.91 Å². The minimum atomic E-state index is -0.318. The van der Waals surface area contributed by atoms with Gasteiger partial charge in [-0.15, -0.1) is 0 Å². The van der Waals surface area contributed by atoms with Gasteiger partial charge < -0.3 is 14.5 Å². The van der Waals surface area contributed by atoms with Crippen LogP contribution in [-0.2, 0) is 21.4 Å². The fraction of sp³-hybridized carbons (Fsp3) is 0.579. The average molecular weight is 332 g/mol. The molecule has 0 saturated carbocycles. The van der Waals surface area contributed by atoms with Gasteiger partial charge in [-0.1, -0.05) is 45.0 Å². The highest BCUT2D eigenvalue weighted by Crippen LogP contribution is 2.22. The van der Waals surface area contributed by atoms with E-state index in [1.807, 2.05) is 4.90 Å². The van der Waals surface area contributed by atoms with E-state index < -0.39 is 0 Å². The van der Waals surface area contributed by atoms with E-state index in [4.69, 9.17) is 4.74 Å². The Morgan fingerprint density at radius 2 is 1.54 bits per heavy atom. The van der Waals surface area contributed by atoms with Crippen LogP contribution in [0.5, 0.6) is 0 Å². The van der Waals surface area contributed by atoms with E-state index in [9.17, 15) is 9.59 Å². The third-order valence-electron chi connectivity index (χ3n) is 4.51. The second kappa shape index (κ2) is 7.69. The summed E-state index contributed by atoms with van der Waals surface area (Å²) in [6.45, 7) is 8.82. The molecular weight excluding hydrogens is 304 g/mol. The quantitative estimate of drug-likeness (QED) is 0.855. The summed E-state index contributed by atoms with van der Waals surface area (Å²) >= 11 is 0. The molecule has 0 N–H and O–H groups in total. The molecule has 24 heavy (non-hydrogen) atoms. The zero-order chi connectivity index (χ0) is 17.7. The molecule has 1 aliphatic rings. The Kier molecular flexibility index (Phi) is 5.86. The van der Waals surface area contributed by atoms with Crippen LogP contribution in [0.1, 0.15) is 38.3 Å². The Balaban J connectivity index is 1.80. The van der Waals surface area contributed by atoms with Crippen LogP contribution in [0.3, 0.4) is 0 Å². The second-order valence-corrected chi connectivity index (χ2v) is 7.28. The molecule has 0 radical (unpaired) electrons. The lowest BCUT2D eigenvalue weighted by atomic mass is 9.86. The van der Waals surface area contributed by atoms with Crippen molar-refractivity contribution in [3.8, 4) is 0 Å². The zero-order valence-electron chi connectivity index (χ0n) is 15.2. The van der Waals surface area contributed by atoms with Crippen molar-refractivity contribution < 1.29 is 14.3 Å². The maximum Gasteiger partial charge on any atom is 0.409 e. The third-order valence-corrected chi connectivity index (χ3v) is 4.51. The summed E-state index contributed by atoms with van der Waals surface area (Å²) in [4.78, 5) is 27.3. The number of aryl methyl sites for hydroxylation is 1. The smallest absolute Gasteiger partial charge is 0.409 e. The summed E-state index contributed by atoms with van der Waals surface area (Å²) in [5.41, 5.74) is 2.63. The van der Waals surface area contributed by atoms with Crippen molar-refractivity contribution in [2.45, 2.75) is 39.0 Å². The van der Waals surface area contributed by atoms with Crippen LogP contribution in [0.2, 0.25) is 0 Å². The van der Waals surface area contributed by atoms with Crippen molar-refractivity contribution in [3.63, 3.8) is 0 Å². The first-order valence-corrected chi connectivity index (χ1v) is 8.51. The van der Waals surface area contributed by atoms with Crippen molar-refractivity contribution in [1.82, 2.24) is 9.80 Å². The van der Waals surface area contributed by atoms with Gasteiger partial charge in [0.1, 0.15) is 0 Å². The SMILES string of the molecule is COC(=O)N1CCN(C(=O)CCc2ccc(C(C)(C)C)cc2)CC1. The van der Waals surface area contributed by atoms with Crippen LogP contribution < -0.4 is 0 Å². The van der Waals surface area contributed by atoms with E-state index in [1.165, 1.54) is 18.2 Å². The molecule has 1 aromatic rings. The Labute approximate surface area is 144 Å². The highest BCUT2D eigenvalue weighted by Gasteiger charge is 2.24. The number of benzene rings is 1. The van der Waals surface area contributed by atoms with Crippen molar-refractivity contribution in [2.75, 3.05) is 33.3 Å². The zero-order valence-corrected chi connectivity index (χ0v) is 15.2. The summed E-state index contributed by atoms with van der Waals surface area (Å²) in [6.07, 6.45) is 0.939. The lowest BCUT2D eigenvalue weighted by Crippen LogP contribution is -2.50. The summed E-state index contributed by atoms with van der Waals surface area (Å²) in [6, 6.07) is 8.52. The predicted octanol–water partition coefficient (Wildman–Crippen LogP) is 2.83. The summed E-state index contributed by atoms with van der Waals surface area (Å²) in [7, 11) is 1.38. The molecule has 1 fully saturated rings. The largest absolute Gasteiger partial charge is 0.453 e. The standard InChI is InChI=1S/C19H28N2O3/c1-19(2,3)16-8-5-15(6-9-16)7-10-17(22)20-11-13-21(14-12-20)18(23)24-4/h5-6,8-9H,7,10-14H2,1-4H3. The lowest BCUT2D eigenvalue weighted by Gasteiger charge is -2.33. The first kappa shape index (κ1) is 18.3. The number of amides is 2. The summed E-state index contributed by atoms with van der Waals surface area (Å²) in [5, 5.41) is 0. The molecule has 5 heteroatoms. The number of methoxy groups -OCH3 is 1. The number of hydrogen-bond donors (Lipinski definition) is 0. The monoisotopic (exact) mass is 332 g/mol. The highest BCUT2D eigenvalue weighted by atomic mass is 16.5. The van der Waals surface area contributed by atoms with Crippen LogP contribution in [0.25, 0.3) is 0 Å². The normalized spacial score (nSPS) is 15.3. The first-order chi connectivity index (χ1) is 11.3. The molecule has 2 rings (SSSR count). The Morgan fingerprint density at radius 1 is 1.00 bits per heavy atom. The molecule has 132 valence electrons. The molecule has 0 atom stereocenters. The predicted molar refractivity (Wildman–Crippen MR) is 94.0 cm³/mol. The molecule has 0 aromatic heterocycles. The molecule has 0 aliphatic carbocycles. The van der Waals surface area contributed by atoms with Gasteiger partial charge in [0.05, 0.1) is 7.11 Å². The number of rotatable bonds is 3. The molecule has 1 aromatic carbocycles. The fourth-order valence-electron chi connectivity index (χ4n) is 2.85. The van der Waals surface area contributed by atoms with Gasteiger partial charge in [-0.2, -0.15) is 0 Å². The Morgan fingerprint density at radius 3 is 2.04 bits per heavy atom. The van der Waals surface area contributed by atoms with Crippen LogP contribution in [0, 0.1) is 0 Å². The van der Waals surface area contributed by atoms with Crippen LogP contribution >= 0.6 is 0 Å². The van der Waals surface area contributed by atoms with E-state index >= 15 is 0 Å². The third kappa shape index (κ3) is 4.73. The second-order valence-electron chi connectivity index (χ2n) is 7.28. The van der Waals surface area contributed by atoms with E-state index in [0.717, 1.165) is 6.42 Å². The van der Waals surface area contributed by atoms with E-state index in [1.54, 1.807) is 4.90 Å². The molecule has 5 nitrogen and oxygen atoms in total. The molecule has 1 heterocycles. The number of carbonyl (C=O) groups excluding carboxylic acids is 2. The van der Waals surface area contributed by atoms with Crippen molar-refractivity contribution in [1.29, 1.82) is 0 Å². The van der Waals surface area contributed by atoms with Gasteiger partial charge in [-0.05, 0) is 23.0 Å². The lowest BCUT2D eigenvalue weighted by molar-refractivity contribution is -0.132. The molecule has 0 unspecified atom stereocenters. The number of nitrogens with zero attached hydrogens (tertiary/aromatic N) is 2. The van der Waals surface area contributed by atoms with Gasteiger partial charge in [-0.3, -0.25) is 4.79 Å². The minimum absolute atomic E-state index is 0.146. The minimum Gasteiger partial charge on any atom is -0.453 e. The maximum absolute atomic E-state index is 12.3. The van der Waals surface area contributed by atoms with E-state index in [-0.39, 0.29) is 17.4 Å². The van der Waals surface area contributed by atoms with Gasteiger partial charge in [0.15, 0.2) is 0 Å². The van der Waals surface area contributed by atoms with Crippen LogP contribution in [0.4, 0.5) is 4.79 Å². The van der Waals surface area contributed by atoms with Crippen molar-refractivity contribution >= 4 is 12.0 Å². The molecular formula is C19H28N2O3. The highest BCUT2D eigenvalue weighted by molar-refractivity contribution is 5.77. The molecule has 1 saturated heterocycles. The molecule has 1 aliphatic heterocycles. The summed E-state index contributed by atoms with van der Waals surface area (Å²) < 4.78 is 4.71. The summed E-state index contributed by atoms with van der Waals surface area (Å²) in [5.74, 6) is 0.152. The topological polar surface area (TPSA) is 49.9 Å². The fourth-order valence-corrected chi connectivity index (χ4v) is 2.85. The van der Waals surface area contributed by atoms with E-state index in [0.29, 0.717) is 32.6 Å². The average Bonchev–Trinajstić information content (AvgIpc) is 2.58. The van der Waals surface area contributed by atoms with E-state index in [2.05, 4.69) is 45.0 Å². The van der Waals surface area contributed by atoms with Gasteiger partial charge >= 0.3 is 6.09 Å². The number of hydrogen-bond acceptors (Lipinski definition) is 3. The van der Waals surface area contributed by atoms with Crippen molar-refractivity contribution in [2.24, 2.45) is 0 Å². The molecule has 2 amide bonds. The van der Waals surface area contributed by atoms with Crippen molar-refractivity contribution in [3.05, 3.63) is 35.4 Å². The van der Waals surface area contributed by atoms with Crippen LogP contribution in [-0.4, -0.2) is 55.1 Å². The number of piperazine rings is 1. The Hall–Kier alpha value is -2.04. The molecule has 0 bridgehead atoms. The van der Waals surface area contributed by atoms with Gasteiger partial charge in [0, 0.05) is 32.6 Å². The Bertz CT molecular complexity index is 567. The van der Waals surface area contributed by atoms with Gasteiger partial charge in [-0.25, -0.2) is 4.79 Å². The maximum atomic E-state index is 12.3. The molecule has 0 spiro atoms. The number of carbonyl (C=O) groups is 2.